The lowest BCUT2D eigenvalue weighted by Gasteiger charge is -2.30. The molecule has 2 saturated heterocycles. The molecular formula is C22H31N5O. The Morgan fingerprint density at radius 2 is 1.93 bits per heavy atom. The lowest BCUT2D eigenvalue weighted by Crippen LogP contribution is -2.35. The summed E-state index contributed by atoms with van der Waals surface area (Å²) in [5.41, 5.74) is 3.91. The second kappa shape index (κ2) is 8.43. The van der Waals surface area contributed by atoms with Crippen LogP contribution in [0.5, 0.6) is 0 Å². The highest BCUT2D eigenvalue weighted by Crippen LogP contribution is 2.32. The number of aromatic nitrogens is 3. The molecule has 3 heterocycles. The molecule has 2 aliphatic rings. The van der Waals surface area contributed by atoms with Crippen molar-refractivity contribution in [3.63, 3.8) is 0 Å². The fraction of sp³-hybridized carbons (Fsp3) is 0.591. The Bertz CT molecular complexity index is 824. The average Bonchev–Trinajstić information content (AvgIpc) is 2.94. The topological polar surface area (TPSA) is 63.1 Å². The second-order valence-electron chi connectivity index (χ2n) is 8.23. The van der Waals surface area contributed by atoms with E-state index in [0.717, 1.165) is 57.4 Å². The average molecular weight is 382 g/mol. The molecule has 2 aromatic rings. The molecule has 1 aromatic heterocycles. The van der Waals surface area contributed by atoms with Crippen LogP contribution in [0.1, 0.15) is 77.9 Å². The summed E-state index contributed by atoms with van der Waals surface area (Å²) in [5.74, 6) is 0.0334. The summed E-state index contributed by atoms with van der Waals surface area (Å²) >= 11 is 0. The molecule has 6 nitrogen and oxygen atoms in total. The van der Waals surface area contributed by atoms with Crippen molar-refractivity contribution in [2.45, 2.75) is 64.5 Å². The van der Waals surface area contributed by atoms with Crippen LogP contribution in [0.2, 0.25) is 0 Å². The van der Waals surface area contributed by atoms with Crippen LogP contribution >= 0.6 is 0 Å². The van der Waals surface area contributed by atoms with Crippen molar-refractivity contribution in [1.29, 1.82) is 0 Å². The van der Waals surface area contributed by atoms with Crippen molar-refractivity contribution in [2.24, 2.45) is 0 Å². The van der Waals surface area contributed by atoms with Gasteiger partial charge in [-0.1, -0.05) is 47.9 Å². The number of piperidine rings is 1. The first-order valence-electron chi connectivity index (χ1n) is 10.6. The molecule has 0 aliphatic carbocycles. The number of carbonyl (C=O) groups excluding carboxylic acids is 1. The van der Waals surface area contributed by atoms with E-state index in [2.05, 4.69) is 46.8 Å². The van der Waals surface area contributed by atoms with Gasteiger partial charge in [0.05, 0.1) is 17.8 Å². The monoisotopic (exact) mass is 381 g/mol. The largest absolute Gasteiger partial charge is 0.330 e. The summed E-state index contributed by atoms with van der Waals surface area (Å²) in [7, 11) is 0. The number of rotatable bonds is 3. The maximum atomic E-state index is 13.5. The van der Waals surface area contributed by atoms with E-state index >= 15 is 0 Å². The lowest BCUT2D eigenvalue weighted by atomic mass is 9.99. The van der Waals surface area contributed by atoms with Crippen molar-refractivity contribution >= 4 is 5.91 Å². The number of benzene rings is 1. The van der Waals surface area contributed by atoms with Crippen LogP contribution in [0.4, 0.5) is 0 Å². The third kappa shape index (κ3) is 3.83. The van der Waals surface area contributed by atoms with Crippen molar-refractivity contribution in [3.05, 3.63) is 46.8 Å². The zero-order chi connectivity index (χ0) is 19.5. The Balaban J connectivity index is 1.62. The smallest absolute Gasteiger partial charge is 0.276 e. The van der Waals surface area contributed by atoms with Gasteiger partial charge in [0.2, 0.25) is 0 Å². The third-order valence-electron chi connectivity index (χ3n) is 6.23. The Kier molecular flexibility index (Phi) is 5.76. The molecule has 1 amide bonds. The van der Waals surface area contributed by atoms with Gasteiger partial charge in [0.1, 0.15) is 0 Å². The number of aryl methyl sites for hydroxylation is 1. The fourth-order valence-corrected chi connectivity index (χ4v) is 4.65. The van der Waals surface area contributed by atoms with E-state index in [1.807, 2.05) is 16.5 Å². The number of carbonyl (C=O) groups is 1. The van der Waals surface area contributed by atoms with Gasteiger partial charge < -0.3 is 10.2 Å². The summed E-state index contributed by atoms with van der Waals surface area (Å²) in [6.45, 7) is 6.89. The first-order valence-corrected chi connectivity index (χ1v) is 10.6. The molecule has 6 heteroatoms. The molecule has 0 spiro atoms. The Labute approximate surface area is 167 Å². The summed E-state index contributed by atoms with van der Waals surface area (Å²) in [6.07, 6.45) is 6.46. The van der Waals surface area contributed by atoms with Crippen molar-refractivity contribution < 1.29 is 4.79 Å². The van der Waals surface area contributed by atoms with Crippen LogP contribution in [0.25, 0.3) is 0 Å². The number of hydrogen-bond acceptors (Lipinski definition) is 4. The van der Waals surface area contributed by atoms with E-state index < -0.39 is 0 Å². The predicted molar refractivity (Wildman–Crippen MR) is 109 cm³/mol. The van der Waals surface area contributed by atoms with Gasteiger partial charge in [0.15, 0.2) is 5.69 Å². The van der Waals surface area contributed by atoms with Gasteiger partial charge in [0, 0.05) is 6.54 Å². The standard InChI is InChI=1S/C22H31N5O/c1-16-7-6-8-18(15-16)20-9-4-3-5-14-26(20)22(28)21-17(2)27(25-24-21)19-10-12-23-13-11-19/h6-8,15,19-20,23H,3-5,9-14H2,1-2H3. The Hall–Kier alpha value is -2.21. The van der Waals surface area contributed by atoms with E-state index in [9.17, 15) is 4.79 Å². The zero-order valence-electron chi connectivity index (χ0n) is 17.0. The van der Waals surface area contributed by atoms with Gasteiger partial charge in [-0.2, -0.15) is 0 Å². The number of likely N-dealkylation sites (tertiary alicyclic amines) is 1. The Morgan fingerprint density at radius 1 is 1.11 bits per heavy atom. The van der Waals surface area contributed by atoms with Crippen LogP contribution < -0.4 is 5.32 Å². The highest BCUT2D eigenvalue weighted by molar-refractivity contribution is 5.93. The first kappa shape index (κ1) is 19.1. The fourth-order valence-electron chi connectivity index (χ4n) is 4.65. The highest BCUT2D eigenvalue weighted by atomic mass is 16.2. The van der Waals surface area contributed by atoms with Crippen LogP contribution in [0, 0.1) is 13.8 Å². The zero-order valence-corrected chi connectivity index (χ0v) is 17.0. The minimum absolute atomic E-state index is 0.0334. The summed E-state index contributed by atoms with van der Waals surface area (Å²) in [4.78, 5) is 15.6. The van der Waals surface area contributed by atoms with Gasteiger partial charge in [-0.05, 0) is 58.2 Å². The first-order chi connectivity index (χ1) is 13.6. The van der Waals surface area contributed by atoms with Crippen molar-refractivity contribution in [2.75, 3.05) is 19.6 Å². The predicted octanol–water partition coefficient (Wildman–Crippen LogP) is 3.58. The van der Waals surface area contributed by atoms with Crippen LogP contribution in [-0.4, -0.2) is 45.4 Å². The minimum Gasteiger partial charge on any atom is -0.330 e. The van der Waals surface area contributed by atoms with Crippen LogP contribution in [0.3, 0.4) is 0 Å². The maximum absolute atomic E-state index is 13.5. The molecule has 2 aliphatic heterocycles. The molecule has 1 N–H and O–H groups in total. The SMILES string of the molecule is Cc1cccc(C2CCCCCN2C(=O)c2nnn(C3CCNCC3)c2C)c1. The van der Waals surface area contributed by atoms with Gasteiger partial charge in [0.25, 0.3) is 5.91 Å². The second-order valence-corrected chi connectivity index (χ2v) is 8.23. The van der Waals surface area contributed by atoms with E-state index in [1.54, 1.807) is 0 Å². The molecule has 150 valence electrons. The van der Waals surface area contributed by atoms with E-state index in [-0.39, 0.29) is 11.9 Å². The minimum atomic E-state index is 0.0334. The molecule has 4 rings (SSSR count). The van der Waals surface area contributed by atoms with Crippen molar-refractivity contribution in [3.8, 4) is 0 Å². The maximum Gasteiger partial charge on any atom is 0.276 e. The van der Waals surface area contributed by atoms with Gasteiger partial charge in [-0.3, -0.25) is 4.79 Å². The van der Waals surface area contributed by atoms with Gasteiger partial charge in [-0.15, -0.1) is 5.10 Å². The lowest BCUT2D eigenvalue weighted by molar-refractivity contribution is 0.0673. The van der Waals surface area contributed by atoms with Crippen LogP contribution in [0.15, 0.2) is 24.3 Å². The number of amides is 1. The van der Waals surface area contributed by atoms with E-state index in [4.69, 9.17) is 0 Å². The number of nitrogens with zero attached hydrogens (tertiary/aromatic N) is 4. The highest BCUT2D eigenvalue weighted by Gasteiger charge is 2.31. The number of nitrogens with one attached hydrogen (secondary N) is 1. The van der Waals surface area contributed by atoms with E-state index in [0.29, 0.717) is 11.7 Å². The van der Waals surface area contributed by atoms with Crippen molar-refractivity contribution in [1.82, 2.24) is 25.2 Å². The molecule has 2 fully saturated rings. The number of hydrogen-bond donors (Lipinski definition) is 1. The molecule has 28 heavy (non-hydrogen) atoms. The third-order valence-corrected chi connectivity index (χ3v) is 6.23. The van der Waals surface area contributed by atoms with Crippen LogP contribution in [-0.2, 0) is 0 Å². The summed E-state index contributed by atoms with van der Waals surface area (Å²) < 4.78 is 1.98. The molecule has 1 unspecified atom stereocenters. The molecular weight excluding hydrogens is 350 g/mol. The molecule has 1 aromatic carbocycles. The summed E-state index contributed by atoms with van der Waals surface area (Å²) in [5, 5.41) is 12.1. The van der Waals surface area contributed by atoms with E-state index in [1.165, 1.54) is 17.5 Å². The molecule has 1 atom stereocenters. The molecule has 0 saturated carbocycles. The van der Waals surface area contributed by atoms with Gasteiger partial charge in [-0.25, -0.2) is 4.68 Å². The summed E-state index contributed by atoms with van der Waals surface area (Å²) in [6, 6.07) is 9.04. The normalized spacial score (nSPS) is 21.5. The molecule has 0 bridgehead atoms. The Morgan fingerprint density at radius 3 is 2.71 bits per heavy atom. The quantitative estimate of drug-likeness (QED) is 0.883. The molecule has 0 radical (unpaired) electrons. The van der Waals surface area contributed by atoms with Gasteiger partial charge >= 0.3 is 0 Å².